The van der Waals surface area contributed by atoms with Crippen LogP contribution in [-0.4, -0.2) is 19.6 Å². The summed E-state index contributed by atoms with van der Waals surface area (Å²) >= 11 is 0. The van der Waals surface area contributed by atoms with Crippen LogP contribution in [-0.2, 0) is 4.79 Å². The summed E-state index contributed by atoms with van der Waals surface area (Å²) in [4.78, 5) is 24.4. The molecular weight excluding hydrogens is 320 g/mol. The Morgan fingerprint density at radius 2 is 1.80 bits per heavy atom. The number of carbonyl (C=O) groups excluding carboxylic acids is 1. The number of ether oxygens (including phenoxy) is 1. The molecule has 0 aliphatic rings. The zero-order valence-electron chi connectivity index (χ0n) is 14.0. The Balaban J connectivity index is 1.82. The van der Waals surface area contributed by atoms with Crippen LogP contribution >= 0.6 is 0 Å². The molecule has 2 aromatic carbocycles. The van der Waals surface area contributed by atoms with E-state index in [4.69, 9.17) is 9.15 Å². The maximum Gasteiger partial charge on any atom is 0.362 e. The fourth-order valence-corrected chi connectivity index (χ4v) is 2.56. The van der Waals surface area contributed by atoms with Gasteiger partial charge in [0.1, 0.15) is 11.3 Å². The van der Waals surface area contributed by atoms with Crippen molar-refractivity contribution < 1.29 is 13.9 Å². The van der Waals surface area contributed by atoms with Gasteiger partial charge < -0.3 is 19.8 Å². The van der Waals surface area contributed by atoms with Gasteiger partial charge in [0, 0.05) is 12.4 Å². The molecule has 3 rings (SSSR count). The molecule has 1 amide bonds. The lowest BCUT2D eigenvalue weighted by molar-refractivity contribution is -0.118. The Morgan fingerprint density at radius 1 is 1.08 bits per heavy atom. The number of rotatable bonds is 5. The van der Waals surface area contributed by atoms with E-state index < -0.39 is 11.5 Å². The van der Waals surface area contributed by atoms with Crippen LogP contribution in [0.4, 0.5) is 11.4 Å². The Morgan fingerprint density at radius 3 is 2.56 bits per heavy atom. The summed E-state index contributed by atoms with van der Waals surface area (Å²) in [5.41, 5.74) is 1.34. The van der Waals surface area contributed by atoms with Crippen LogP contribution < -0.4 is 21.0 Å². The number of amides is 1. The zero-order valence-corrected chi connectivity index (χ0v) is 14.0. The number of aryl methyl sites for hydroxylation is 1. The highest BCUT2D eigenvalue weighted by Crippen LogP contribution is 2.28. The van der Waals surface area contributed by atoms with Gasteiger partial charge in [0.05, 0.1) is 5.69 Å². The molecule has 3 aromatic rings. The standard InChI is InChI=1S/C19H18N2O4/c1-12-7-3-5-9-14(12)24-11-16(22)21-18-17(20-2)13-8-4-6-10-15(13)25-19(18)23/h3-10,20H,11H2,1-2H3,(H,21,22). The number of fused-ring (bicyclic) bond motifs is 1. The lowest BCUT2D eigenvalue weighted by Gasteiger charge is -2.13. The lowest BCUT2D eigenvalue weighted by atomic mass is 10.2. The summed E-state index contributed by atoms with van der Waals surface area (Å²) in [5, 5.41) is 6.24. The largest absolute Gasteiger partial charge is 0.483 e. The maximum atomic E-state index is 12.2. The first-order valence-corrected chi connectivity index (χ1v) is 7.82. The zero-order chi connectivity index (χ0) is 17.8. The Labute approximate surface area is 144 Å². The van der Waals surface area contributed by atoms with Crippen LogP contribution in [0.5, 0.6) is 5.75 Å². The van der Waals surface area contributed by atoms with Crippen molar-refractivity contribution in [3.8, 4) is 5.75 Å². The van der Waals surface area contributed by atoms with E-state index in [9.17, 15) is 9.59 Å². The normalized spacial score (nSPS) is 10.5. The van der Waals surface area contributed by atoms with Gasteiger partial charge in [-0.25, -0.2) is 4.79 Å². The number of para-hydroxylation sites is 2. The van der Waals surface area contributed by atoms with Crippen molar-refractivity contribution in [3.05, 3.63) is 64.5 Å². The first-order chi connectivity index (χ1) is 12.1. The number of hydrogen-bond donors (Lipinski definition) is 2. The average Bonchev–Trinajstić information content (AvgIpc) is 2.61. The smallest absolute Gasteiger partial charge is 0.362 e. The molecule has 0 saturated heterocycles. The maximum absolute atomic E-state index is 12.2. The minimum atomic E-state index is -0.618. The van der Waals surface area contributed by atoms with Crippen LogP contribution in [0.3, 0.4) is 0 Å². The van der Waals surface area contributed by atoms with E-state index >= 15 is 0 Å². The molecule has 0 atom stereocenters. The van der Waals surface area contributed by atoms with Crippen molar-refractivity contribution >= 4 is 28.3 Å². The van der Waals surface area contributed by atoms with Crippen LogP contribution in [0.1, 0.15) is 5.56 Å². The third-order valence-corrected chi connectivity index (χ3v) is 3.78. The number of hydrogen-bond acceptors (Lipinski definition) is 5. The van der Waals surface area contributed by atoms with Crippen molar-refractivity contribution in [1.82, 2.24) is 0 Å². The minimum Gasteiger partial charge on any atom is -0.483 e. The molecule has 0 aliphatic heterocycles. The van der Waals surface area contributed by atoms with E-state index in [1.165, 1.54) is 0 Å². The number of benzene rings is 2. The van der Waals surface area contributed by atoms with Crippen LogP contribution in [0.15, 0.2) is 57.7 Å². The van der Waals surface area contributed by atoms with E-state index in [2.05, 4.69) is 10.6 Å². The molecule has 6 nitrogen and oxygen atoms in total. The first kappa shape index (κ1) is 16.6. The van der Waals surface area contributed by atoms with Crippen LogP contribution in [0, 0.1) is 6.92 Å². The van der Waals surface area contributed by atoms with Gasteiger partial charge in [-0.2, -0.15) is 0 Å². The molecule has 0 saturated carbocycles. The fraction of sp³-hybridized carbons (Fsp3) is 0.158. The van der Waals surface area contributed by atoms with Gasteiger partial charge in [0.2, 0.25) is 0 Å². The van der Waals surface area contributed by atoms with Gasteiger partial charge in [0.25, 0.3) is 5.91 Å². The third-order valence-electron chi connectivity index (χ3n) is 3.78. The van der Waals surface area contributed by atoms with Gasteiger partial charge in [-0.05, 0) is 30.7 Å². The average molecular weight is 338 g/mol. The van der Waals surface area contributed by atoms with E-state index in [1.54, 1.807) is 25.2 Å². The van der Waals surface area contributed by atoms with Gasteiger partial charge >= 0.3 is 5.63 Å². The summed E-state index contributed by atoms with van der Waals surface area (Å²) in [6.45, 7) is 1.69. The number of anilines is 2. The molecule has 0 aliphatic carbocycles. The molecule has 2 N–H and O–H groups in total. The first-order valence-electron chi connectivity index (χ1n) is 7.82. The monoisotopic (exact) mass is 338 g/mol. The summed E-state index contributed by atoms with van der Waals surface area (Å²) < 4.78 is 10.8. The van der Waals surface area contributed by atoms with Crippen molar-refractivity contribution in [2.24, 2.45) is 0 Å². The molecule has 0 bridgehead atoms. The Hall–Kier alpha value is -3.28. The van der Waals surface area contributed by atoms with Gasteiger partial charge in [0.15, 0.2) is 12.3 Å². The summed E-state index contributed by atoms with van der Waals surface area (Å²) in [6, 6.07) is 14.5. The van der Waals surface area contributed by atoms with Crippen molar-refractivity contribution in [2.45, 2.75) is 6.92 Å². The van der Waals surface area contributed by atoms with E-state index in [0.29, 0.717) is 22.4 Å². The Kier molecular flexibility index (Phi) is 4.70. The third kappa shape index (κ3) is 3.47. The van der Waals surface area contributed by atoms with E-state index in [1.807, 2.05) is 37.3 Å². The number of carbonyl (C=O) groups is 1. The molecule has 25 heavy (non-hydrogen) atoms. The predicted molar refractivity (Wildman–Crippen MR) is 97.3 cm³/mol. The highest BCUT2D eigenvalue weighted by atomic mass is 16.5. The number of nitrogens with one attached hydrogen (secondary N) is 2. The predicted octanol–water partition coefficient (Wildman–Crippen LogP) is 3.16. The SMILES string of the molecule is CNc1c(NC(=O)COc2ccccc2C)c(=O)oc2ccccc12. The molecule has 1 aromatic heterocycles. The van der Waals surface area contributed by atoms with Gasteiger partial charge in [-0.15, -0.1) is 0 Å². The van der Waals surface area contributed by atoms with Crippen molar-refractivity contribution in [3.63, 3.8) is 0 Å². The van der Waals surface area contributed by atoms with E-state index in [0.717, 1.165) is 5.56 Å². The highest BCUT2D eigenvalue weighted by molar-refractivity contribution is 6.02. The topological polar surface area (TPSA) is 80.6 Å². The minimum absolute atomic E-state index is 0.0691. The second-order valence-electron chi connectivity index (χ2n) is 5.49. The van der Waals surface area contributed by atoms with Gasteiger partial charge in [-0.1, -0.05) is 30.3 Å². The second-order valence-corrected chi connectivity index (χ2v) is 5.49. The highest BCUT2D eigenvalue weighted by Gasteiger charge is 2.16. The second kappa shape index (κ2) is 7.09. The molecule has 6 heteroatoms. The van der Waals surface area contributed by atoms with Crippen LogP contribution in [0.2, 0.25) is 0 Å². The van der Waals surface area contributed by atoms with Gasteiger partial charge in [-0.3, -0.25) is 4.79 Å². The lowest BCUT2D eigenvalue weighted by Crippen LogP contribution is -2.24. The molecule has 0 radical (unpaired) electrons. The molecule has 0 unspecified atom stereocenters. The molecular formula is C19H18N2O4. The van der Waals surface area contributed by atoms with Crippen molar-refractivity contribution in [1.29, 1.82) is 0 Å². The van der Waals surface area contributed by atoms with Crippen LogP contribution in [0.25, 0.3) is 11.0 Å². The quantitative estimate of drug-likeness (QED) is 0.699. The summed E-state index contributed by atoms with van der Waals surface area (Å²) in [6.07, 6.45) is 0. The summed E-state index contributed by atoms with van der Waals surface area (Å²) in [7, 11) is 1.68. The fourth-order valence-electron chi connectivity index (χ4n) is 2.56. The summed E-state index contributed by atoms with van der Waals surface area (Å²) in [5.74, 6) is 0.180. The van der Waals surface area contributed by atoms with Crippen molar-refractivity contribution in [2.75, 3.05) is 24.3 Å². The van der Waals surface area contributed by atoms with E-state index in [-0.39, 0.29) is 12.3 Å². The molecule has 0 fully saturated rings. The molecule has 1 heterocycles. The Bertz CT molecular complexity index is 979. The molecule has 0 spiro atoms. The molecule has 128 valence electrons.